The van der Waals surface area contributed by atoms with Gasteiger partial charge in [-0.15, -0.1) is 0 Å². The molecule has 0 spiro atoms. The zero-order valence-electron chi connectivity index (χ0n) is 21.5. The summed E-state index contributed by atoms with van der Waals surface area (Å²) in [5, 5.41) is 11.2. The van der Waals surface area contributed by atoms with Gasteiger partial charge in [0.1, 0.15) is 5.60 Å². The number of benzene rings is 1. The van der Waals surface area contributed by atoms with E-state index in [1.807, 2.05) is 0 Å². The first-order valence-electron chi connectivity index (χ1n) is 12.0. The number of para-hydroxylation sites is 1. The van der Waals surface area contributed by atoms with Gasteiger partial charge in [0.2, 0.25) is 10.0 Å². The molecule has 1 aliphatic rings. The molecular formula is C25H38N2O7S. The lowest BCUT2D eigenvalue weighted by atomic mass is 9.70. The third-order valence-corrected chi connectivity index (χ3v) is 8.02. The quantitative estimate of drug-likeness (QED) is 0.272. The fourth-order valence-electron chi connectivity index (χ4n) is 4.36. The molecule has 1 N–H and O–H groups in total. The Morgan fingerprint density at radius 2 is 1.77 bits per heavy atom. The summed E-state index contributed by atoms with van der Waals surface area (Å²) in [7, 11) is -4.33. The maximum absolute atomic E-state index is 13.0. The Balaban J connectivity index is 2.15. The predicted molar refractivity (Wildman–Crippen MR) is 132 cm³/mol. The summed E-state index contributed by atoms with van der Waals surface area (Å²) in [5.74, 6) is -1.35. The molecule has 1 aliphatic carbocycles. The lowest BCUT2D eigenvalue weighted by molar-refractivity contribution is -0.387. The molecule has 0 heterocycles. The van der Waals surface area contributed by atoms with E-state index in [-0.39, 0.29) is 17.8 Å². The number of hydrogen-bond donors (Lipinski definition) is 1. The Labute approximate surface area is 208 Å². The topological polar surface area (TPSA) is 133 Å². The number of hydrogen-bond acceptors (Lipinski definition) is 7. The van der Waals surface area contributed by atoms with E-state index < -0.39 is 54.8 Å². The van der Waals surface area contributed by atoms with E-state index >= 15 is 0 Å². The predicted octanol–water partition coefficient (Wildman–Crippen LogP) is 4.79. The van der Waals surface area contributed by atoms with Crippen molar-refractivity contribution in [2.45, 2.75) is 96.6 Å². The highest BCUT2D eigenvalue weighted by Gasteiger charge is 2.35. The second-order valence-electron chi connectivity index (χ2n) is 11.3. The lowest BCUT2D eigenvalue weighted by Gasteiger charge is -2.35. The molecule has 196 valence electrons. The van der Waals surface area contributed by atoms with Crippen molar-refractivity contribution in [1.29, 1.82) is 0 Å². The first-order valence-corrected chi connectivity index (χ1v) is 13.5. The van der Waals surface area contributed by atoms with Gasteiger partial charge in [-0.1, -0.05) is 26.0 Å². The summed E-state index contributed by atoms with van der Waals surface area (Å²) in [6.45, 7) is 11.1. The number of carbonyl (C=O) groups excluding carboxylic acids is 2. The van der Waals surface area contributed by atoms with Crippen LogP contribution in [0, 0.1) is 27.4 Å². The lowest BCUT2D eigenvalue weighted by Crippen LogP contribution is -2.41. The normalized spacial score (nSPS) is 18.5. The third kappa shape index (κ3) is 8.68. The summed E-state index contributed by atoms with van der Waals surface area (Å²) in [4.78, 5) is 35.9. The summed E-state index contributed by atoms with van der Waals surface area (Å²) in [6, 6.07) is 3.77. The molecule has 0 aromatic heterocycles. The van der Waals surface area contributed by atoms with Crippen LogP contribution in [0.3, 0.4) is 0 Å². The molecule has 0 amide bonds. The van der Waals surface area contributed by atoms with Crippen molar-refractivity contribution in [3.8, 4) is 0 Å². The standard InChI is InChI=1S/C25H38N2O7S/c1-17(26-35(32,33)22-10-8-7-9-20(22)27(30)31)21(28)16-19(23(29)34-24(2,3)4)15-18-11-13-25(5,6)14-12-18/h7-10,17-19,26H,11-16H2,1-6H3/t17-,19+/m0/s1. The number of ketones is 1. The van der Waals surface area contributed by atoms with Crippen LogP contribution >= 0.6 is 0 Å². The minimum atomic E-state index is -4.33. The highest BCUT2D eigenvalue weighted by Crippen LogP contribution is 2.41. The molecular weight excluding hydrogens is 472 g/mol. The number of carbonyl (C=O) groups is 2. The minimum absolute atomic E-state index is 0.171. The second-order valence-corrected chi connectivity index (χ2v) is 13.0. The zero-order valence-corrected chi connectivity index (χ0v) is 22.3. The van der Waals surface area contributed by atoms with Gasteiger partial charge in [0, 0.05) is 12.5 Å². The molecule has 1 saturated carbocycles. The number of rotatable bonds is 10. The first-order chi connectivity index (χ1) is 16.0. The van der Waals surface area contributed by atoms with Gasteiger partial charge in [0.05, 0.1) is 16.9 Å². The molecule has 1 fully saturated rings. The molecule has 0 saturated heterocycles. The molecule has 0 radical (unpaired) electrons. The third-order valence-electron chi connectivity index (χ3n) is 6.43. The number of nitro benzene ring substituents is 1. The van der Waals surface area contributed by atoms with Crippen LogP contribution in [0.1, 0.15) is 80.1 Å². The van der Waals surface area contributed by atoms with Gasteiger partial charge in [-0.2, -0.15) is 0 Å². The van der Waals surface area contributed by atoms with Crippen molar-refractivity contribution in [2.75, 3.05) is 0 Å². The van der Waals surface area contributed by atoms with Gasteiger partial charge in [0.25, 0.3) is 5.69 Å². The number of ether oxygens (including phenoxy) is 1. The van der Waals surface area contributed by atoms with Crippen molar-refractivity contribution in [1.82, 2.24) is 4.72 Å². The molecule has 1 aromatic rings. The fraction of sp³-hybridized carbons (Fsp3) is 0.680. The van der Waals surface area contributed by atoms with Crippen LogP contribution in [0.15, 0.2) is 29.2 Å². The Morgan fingerprint density at radius 3 is 2.31 bits per heavy atom. The molecule has 0 bridgehead atoms. The average Bonchev–Trinajstić information content (AvgIpc) is 2.72. The van der Waals surface area contributed by atoms with Crippen LogP contribution in [0.25, 0.3) is 0 Å². The van der Waals surface area contributed by atoms with Crippen molar-refractivity contribution in [3.05, 3.63) is 34.4 Å². The summed E-state index contributed by atoms with van der Waals surface area (Å²) in [5.41, 5.74) is -1.03. The van der Waals surface area contributed by atoms with Crippen molar-refractivity contribution in [3.63, 3.8) is 0 Å². The molecule has 0 aliphatic heterocycles. The number of nitrogens with zero attached hydrogens (tertiary/aromatic N) is 1. The van der Waals surface area contributed by atoms with Gasteiger partial charge < -0.3 is 4.74 Å². The molecule has 9 nitrogen and oxygen atoms in total. The number of sulfonamides is 1. The smallest absolute Gasteiger partial charge is 0.309 e. The van der Waals surface area contributed by atoms with Gasteiger partial charge >= 0.3 is 5.97 Å². The second kappa shape index (κ2) is 11.2. The highest BCUT2D eigenvalue weighted by molar-refractivity contribution is 7.89. The Hall–Kier alpha value is -2.33. The van der Waals surface area contributed by atoms with E-state index in [2.05, 4.69) is 18.6 Å². The van der Waals surface area contributed by atoms with E-state index in [4.69, 9.17) is 4.74 Å². The van der Waals surface area contributed by atoms with E-state index in [0.717, 1.165) is 37.8 Å². The van der Waals surface area contributed by atoms with Crippen molar-refractivity contribution >= 4 is 27.5 Å². The minimum Gasteiger partial charge on any atom is -0.460 e. The summed E-state index contributed by atoms with van der Waals surface area (Å²) < 4.78 is 33.4. The monoisotopic (exact) mass is 510 g/mol. The molecule has 2 atom stereocenters. The summed E-state index contributed by atoms with van der Waals surface area (Å²) >= 11 is 0. The van der Waals surface area contributed by atoms with Crippen LogP contribution in [0.5, 0.6) is 0 Å². The molecule has 2 rings (SSSR count). The Morgan fingerprint density at radius 1 is 1.20 bits per heavy atom. The average molecular weight is 511 g/mol. The molecule has 10 heteroatoms. The van der Waals surface area contributed by atoms with Crippen LogP contribution in [-0.4, -0.2) is 36.7 Å². The highest BCUT2D eigenvalue weighted by atomic mass is 32.2. The number of nitrogens with one attached hydrogen (secondary N) is 1. The maximum Gasteiger partial charge on any atom is 0.309 e. The largest absolute Gasteiger partial charge is 0.460 e. The van der Waals surface area contributed by atoms with Crippen LogP contribution in [-0.2, 0) is 24.3 Å². The Bertz CT molecular complexity index is 1030. The van der Waals surface area contributed by atoms with Crippen molar-refractivity contribution < 1.29 is 27.7 Å². The molecule has 0 unspecified atom stereocenters. The van der Waals surface area contributed by atoms with Crippen molar-refractivity contribution in [2.24, 2.45) is 17.3 Å². The first kappa shape index (κ1) is 28.9. The Kier molecular flexibility index (Phi) is 9.21. The SMILES string of the molecule is C[C@H](NS(=O)(=O)c1ccccc1[N+](=O)[O-])C(=O)C[C@@H](CC1CCC(C)(C)CC1)C(=O)OC(C)(C)C. The molecule has 35 heavy (non-hydrogen) atoms. The van der Waals surface area contributed by atoms with Crippen LogP contribution in [0.4, 0.5) is 5.69 Å². The van der Waals surface area contributed by atoms with Gasteiger partial charge in [-0.3, -0.25) is 19.7 Å². The number of Topliss-reactive ketones (excluding diaryl/α,β-unsaturated/α-hetero) is 1. The number of nitro groups is 1. The van der Waals surface area contributed by atoms with E-state index in [1.165, 1.54) is 19.1 Å². The molecule has 1 aromatic carbocycles. The zero-order chi connectivity index (χ0) is 26.6. The van der Waals surface area contributed by atoms with Gasteiger partial charge in [-0.05, 0) is 77.2 Å². The van der Waals surface area contributed by atoms with Crippen LogP contribution < -0.4 is 4.72 Å². The van der Waals surface area contributed by atoms with Gasteiger partial charge in [-0.25, -0.2) is 13.1 Å². The van der Waals surface area contributed by atoms with Gasteiger partial charge in [0.15, 0.2) is 10.7 Å². The van der Waals surface area contributed by atoms with E-state index in [9.17, 15) is 28.1 Å². The maximum atomic E-state index is 13.0. The number of esters is 1. The fourth-order valence-corrected chi connectivity index (χ4v) is 5.76. The van der Waals surface area contributed by atoms with Crippen LogP contribution in [0.2, 0.25) is 0 Å². The van der Waals surface area contributed by atoms with E-state index in [0.29, 0.717) is 6.42 Å². The summed E-state index contributed by atoms with van der Waals surface area (Å²) in [6.07, 6.45) is 4.33. The van der Waals surface area contributed by atoms with E-state index in [1.54, 1.807) is 20.8 Å².